The summed E-state index contributed by atoms with van der Waals surface area (Å²) in [5.74, 6) is -0.257. The van der Waals surface area contributed by atoms with E-state index in [0.29, 0.717) is 36.4 Å². The number of benzene rings is 2. The van der Waals surface area contributed by atoms with E-state index in [4.69, 9.17) is 10.00 Å². The Bertz CT molecular complexity index is 1240. The van der Waals surface area contributed by atoms with Gasteiger partial charge in [-0.15, -0.1) is 12.6 Å². The summed E-state index contributed by atoms with van der Waals surface area (Å²) >= 11 is 4.65. The van der Waals surface area contributed by atoms with Crippen LogP contribution >= 0.6 is 12.6 Å². The number of halogens is 3. The molecule has 2 fully saturated rings. The Balaban J connectivity index is 1.58. The highest BCUT2D eigenvalue weighted by molar-refractivity contribution is 7.81. The number of amides is 2. The maximum atomic E-state index is 13.6. The van der Waals surface area contributed by atoms with E-state index in [0.717, 1.165) is 18.6 Å². The van der Waals surface area contributed by atoms with Gasteiger partial charge in [0.1, 0.15) is 17.9 Å². The third-order valence-electron chi connectivity index (χ3n) is 6.56. The fourth-order valence-corrected chi connectivity index (χ4v) is 5.36. The molecule has 7 nitrogen and oxygen atoms in total. The molecule has 1 saturated carbocycles. The highest BCUT2D eigenvalue weighted by Gasteiger charge is 2.60. The van der Waals surface area contributed by atoms with Gasteiger partial charge in [-0.3, -0.25) is 14.5 Å². The SMILES string of the molecule is N#Cc1ccc(N2C(=O)C3(CCC3)N(c3ccc4c(c3)OCCNC4=O)C2S)cc1C(F)(F)F. The second-order valence-corrected chi connectivity index (χ2v) is 8.86. The minimum atomic E-state index is -4.75. The lowest BCUT2D eigenvalue weighted by Crippen LogP contribution is -2.55. The largest absolute Gasteiger partial charge is 0.491 e. The fraction of sp³-hybridized carbons (Fsp3) is 0.348. The van der Waals surface area contributed by atoms with Gasteiger partial charge in [0, 0.05) is 17.4 Å². The van der Waals surface area contributed by atoms with Crippen LogP contribution in [0.4, 0.5) is 24.5 Å². The zero-order valence-electron chi connectivity index (χ0n) is 17.7. The number of fused-ring (bicyclic) bond motifs is 1. The van der Waals surface area contributed by atoms with Gasteiger partial charge in [0.2, 0.25) is 0 Å². The van der Waals surface area contributed by atoms with E-state index in [9.17, 15) is 22.8 Å². The van der Waals surface area contributed by atoms with E-state index >= 15 is 0 Å². The molecule has 5 rings (SSSR count). The smallest absolute Gasteiger partial charge is 0.417 e. The van der Waals surface area contributed by atoms with Crippen molar-refractivity contribution in [1.29, 1.82) is 5.26 Å². The topological polar surface area (TPSA) is 85.7 Å². The van der Waals surface area contributed by atoms with E-state index in [1.165, 1.54) is 11.0 Å². The Kier molecular flexibility index (Phi) is 5.16. The maximum Gasteiger partial charge on any atom is 0.417 e. The summed E-state index contributed by atoms with van der Waals surface area (Å²) in [6.45, 7) is 0.645. The van der Waals surface area contributed by atoms with Crippen LogP contribution in [0, 0.1) is 11.3 Å². The number of carbonyl (C=O) groups is 2. The number of nitrogens with zero attached hydrogens (tertiary/aromatic N) is 3. The number of hydrogen-bond donors (Lipinski definition) is 2. The number of thiol groups is 1. The average molecular weight is 488 g/mol. The first-order valence-corrected chi connectivity index (χ1v) is 11.2. The van der Waals surface area contributed by atoms with Crippen molar-refractivity contribution < 1.29 is 27.5 Å². The number of carbonyl (C=O) groups excluding carboxylic acids is 2. The molecule has 2 aromatic rings. The van der Waals surface area contributed by atoms with Gasteiger partial charge in [0.15, 0.2) is 5.50 Å². The van der Waals surface area contributed by atoms with Crippen molar-refractivity contribution in [2.75, 3.05) is 23.0 Å². The number of anilines is 2. The summed E-state index contributed by atoms with van der Waals surface area (Å²) in [4.78, 5) is 28.9. The highest BCUT2D eigenvalue weighted by atomic mass is 32.1. The number of nitrogens with one attached hydrogen (secondary N) is 1. The monoisotopic (exact) mass is 488 g/mol. The van der Waals surface area contributed by atoms with Crippen molar-refractivity contribution in [3.63, 3.8) is 0 Å². The Labute approximate surface area is 198 Å². The molecule has 3 aliphatic rings. The van der Waals surface area contributed by atoms with Gasteiger partial charge >= 0.3 is 6.18 Å². The van der Waals surface area contributed by atoms with E-state index in [2.05, 4.69) is 17.9 Å². The second kappa shape index (κ2) is 7.84. The summed E-state index contributed by atoms with van der Waals surface area (Å²) in [5, 5.41) is 11.8. The molecule has 2 amide bonds. The van der Waals surface area contributed by atoms with Crippen LogP contribution in [0.25, 0.3) is 0 Å². The van der Waals surface area contributed by atoms with Crippen LogP contribution in [0.2, 0.25) is 0 Å². The van der Waals surface area contributed by atoms with E-state index in [-0.39, 0.29) is 24.1 Å². The normalized spacial score (nSPS) is 21.3. The molecule has 34 heavy (non-hydrogen) atoms. The quantitative estimate of drug-likeness (QED) is 0.630. The predicted octanol–water partition coefficient (Wildman–Crippen LogP) is 3.69. The molecule has 2 aliphatic heterocycles. The lowest BCUT2D eigenvalue weighted by atomic mass is 9.75. The molecule has 1 atom stereocenters. The molecule has 0 radical (unpaired) electrons. The van der Waals surface area contributed by atoms with Gasteiger partial charge in [-0.1, -0.05) is 0 Å². The van der Waals surface area contributed by atoms with Crippen molar-refractivity contribution in [2.24, 2.45) is 0 Å². The summed E-state index contributed by atoms with van der Waals surface area (Å²) in [7, 11) is 0. The maximum absolute atomic E-state index is 13.6. The average Bonchev–Trinajstić information content (AvgIpc) is 2.88. The van der Waals surface area contributed by atoms with Crippen LogP contribution in [-0.2, 0) is 11.0 Å². The second-order valence-electron chi connectivity index (χ2n) is 8.40. The number of rotatable bonds is 2. The molecule has 1 saturated heterocycles. The van der Waals surface area contributed by atoms with E-state index in [1.54, 1.807) is 29.2 Å². The Hall–Kier alpha value is -3.39. The molecule has 176 valence electrons. The van der Waals surface area contributed by atoms with Gasteiger partial charge in [-0.05, 0) is 49.6 Å². The van der Waals surface area contributed by atoms with Crippen LogP contribution in [0.5, 0.6) is 5.75 Å². The molecule has 0 bridgehead atoms. The number of ether oxygens (including phenoxy) is 1. The molecule has 11 heteroatoms. The molecule has 0 aromatic heterocycles. The summed E-state index contributed by atoms with van der Waals surface area (Å²) in [5.41, 5.74) is -2.53. The number of alkyl halides is 3. The first-order valence-electron chi connectivity index (χ1n) is 10.6. The zero-order valence-corrected chi connectivity index (χ0v) is 18.6. The van der Waals surface area contributed by atoms with Crippen LogP contribution in [0.15, 0.2) is 36.4 Å². The van der Waals surface area contributed by atoms with Crippen LogP contribution in [0.3, 0.4) is 0 Å². The standard InChI is InChI=1S/C23H19F3N4O3S/c24-23(25,26)17-10-14(3-2-13(17)12-27)29-20(32)22(6-1-7-22)30(21(29)34)15-4-5-16-18(11-15)33-9-8-28-19(16)31/h2-5,10-11,21,34H,1,6-9H2,(H,28,31). The molecular formula is C23H19F3N4O3S. The Morgan fingerprint density at radius 1 is 1.15 bits per heavy atom. The van der Waals surface area contributed by atoms with E-state index in [1.807, 2.05) is 0 Å². The van der Waals surface area contributed by atoms with Crippen molar-refractivity contribution in [3.8, 4) is 11.8 Å². The fourth-order valence-electron chi connectivity index (χ4n) is 4.77. The van der Waals surface area contributed by atoms with Crippen LogP contribution in [-0.4, -0.2) is 36.0 Å². The molecule has 1 unspecified atom stereocenters. The predicted molar refractivity (Wildman–Crippen MR) is 120 cm³/mol. The van der Waals surface area contributed by atoms with Crippen molar-refractivity contribution in [1.82, 2.24) is 5.32 Å². The van der Waals surface area contributed by atoms with Crippen LogP contribution < -0.4 is 19.9 Å². The molecular weight excluding hydrogens is 469 g/mol. The first kappa shape index (κ1) is 22.4. The summed E-state index contributed by atoms with van der Waals surface area (Å²) < 4.78 is 46.4. The molecule has 1 N–H and O–H groups in total. The lowest BCUT2D eigenvalue weighted by molar-refractivity contribution is -0.137. The summed E-state index contributed by atoms with van der Waals surface area (Å²) in [6, 6.07) is 9.73. The third kappa shape index (κ3) is 3.27. The minimum Gasteiger partial charge on any atom is -0.491 e. The van der Waals surface area contributed by atoms with Gasteiger partial charge in [-0.2, -0.15) is 18.4 Å². The first-order chi connectivity index (χ1) is 16.2. The third-order valence-corrected chi connectivity index (χ3v) is 7.02. The molecule has 1 spiro atoms. The van der Waals surface area contributed by atoms with E-state index < -0.39 is 28.3 Å². The Morgan fingerprint density at radius 2 is 1.88 bits per heavy atom. The van der Waals surface area contributed by atoms with Crippen LogP contribution in [0.1, 0.15) is 40.7 Å². The lowest BCUT2D eigenvalue weighted by Gasteiger charge is -2.44. The summed E-state index contributed by atoms with van der Waals surface area (Å²) in [6.07, 6.45) is -2.94. The van der Waals surface area contributed by atoms with Gasteiger partial charge < -0.3 is 15.0 Å². The molecule has 2 aromatic carbocycles. The van der Waals surface area contributed by atoms with Crippen molar-refractivity contribution in [3.05, 3.63) is 53.1 Å². The highest BCUT2D eigenvalue weighted by Crippen LogP contribution is 2.51. The minimum absolute atomic E-state index is 0.00971. The van der Waals surface area contributed by atoms with Gasteiger partial charge in [-0.25, -0.2) is 0 Å². The molecule has 2 heterocycles. The number of hydrogen-bond acceptors (Lipinski definition) is 6. The molecule has 1 aliphatic carbocycles. The zero-order chi connectivity index (χ0) is 24.3. The number of nitriles is 1. The van der Waals surface area contributed by atoms with Crippen molar-refractivity contribution >= 4 is 35.8 Å². The van der Waals surface area contributed by atoms with Gasteiger partial charge in [0.05, 0.1) is 29.3 Å². The Morgan fingerprint density at radius 3 is 2.53 bits per heavy atom. The van der Waals surface area contributed by atoms with Crippen molar-refractivity contribution in [2.45, 2.75) is 36.5 Å². The van der Waals surface area contributed by atoms with Gasteiger partial charge in [0.25, 0.3) is 11.8 Å².